The lowest BCUT2D eigenvalue weighted by Gasteiger charge is -2.42. The fourth-order valence-electron chi connectivity index (χ4n) is 2.70. The molecule has 6 nitrogen and oxygen atoms in total. The fourth-order valence-corrected chi connectivity index (χ4v) is 4.45. The Hall–Kier alpha value is -1.05. The van der Waals surface area contributed by atoms with Crippen molar-refractivity contribution in [3.05, 3.63) is 11.8 Å². The van der Waals surface area contributed by atoms with E-state index in [1.54, 1.807) is 25.6 Å². The number of nitrogens with two attached hydrogens (primary N) is 1. The number of nitrogens with one attached hydrogen (secondary N) is 1. The first kappa shape index (κ1) is 19.3. The summed E-state index contributed by atoms with van der Waals surface area (Å²) in [6.07, 6.45) is 5.72. The molecule has 1 saturated carbocycles. The van der Waals surface area contributed by atoms with E-state index in [9.17, 15) is 14.7 Å². The number of amides is 2. The van der Waals surface area contributed by atoms with Crippen LogP contribution < -0.4 is 11.1 Å². The SMILES string of the molecule is CC(C)(CO)C(N)=CC(=O)NC(=O)C1(SC2CCOCC2)CCC1. The van der Waals surface area contributed by atoms with Gasteiger partial charge in [0.2, 0.25) is 5.91 Å². The highest BCUT2D eigenvalue weighted by Gasteiger charge is 2.47. The van der Waals surface area contributed by atoms with Crippen LogP contribution in [-0.2, 0) is 14.3 Å². The van der Waals surface area contributed by atoms with E-state index < -0.39 is 16.1 Å². The average molecular weight is 356 g/mol. The number of thioether (sulfide) groups is 1. The van der Waals surface area contributed by atoms with Gasteiger partial charge in [0.1, 0.15) is 0 Å². The molecule has 1 aliphatic carbocycles. The molecule has 0 aromatic carbocycles. The van der Waals surface area contributed by atoms with Crippen LogP contribution in [0.2, 0.25) is 0 Å². The van der Waals surface area contributed by atoms with Crippen LogP contribution in [0.3, 0.4) is 0 Å². The van der Waals surface area contributed by atoms with Crippen LogP contribution >= 0.6 is 11.8 Å². The monoisotopic (exact) mass is 356 g/mol. The maximum atomic E-state index is 12.6. The second kappa shape index (κ2) is 7.89. The van der Waals surface area contributed by atoms with Crippen molar-refractivity contribution in [3.8, 4) is 0 Å². The molecule has 4 N–H and O–H groups in total. The second-order valence-corrected chi connectivity index (χ2v) is 8.92. The molecule has 0 unspecified atom stereocenters. The van der Waals surface area contributed by atoms with E-state index in [4.69, 9.17) is 10.5 Å². The summed E-state index contributed by atoms with van der Waals surface area (Å²) in [6, 6.07) is 0. The van der Waals surface area contributed by atoms with Crippen molar-refractivity contribution in [1.82, 2.24) is 5.32 Å². The Bertz CT molecular complexity index is 509. The van der Waals surface area contributed by atoms with Crippen LogP contribution in [0.1, 0.15) is 46.0 Å². The molecular weight excluding hydrogens is 328 g/mol. The maximum Gasteiger partial charge on any atom is 0.252 e. The molecule has 2 fully saturated rings. The summed E-state index contributed by atoms with van der Waals surface area (Å²) in [7, 11) is 0. The molecule has 0 aromatic heterocycles. The molecule has 0 radical (unpaired) electrons. The summed E-state index contributed by atoms with van der Waals surface area (Å²) in [5.74, 6) is -0.737. The minimum atomic E-state index is -0.689. The number of hydrogen-bond donors (Lipinski definition) is 3. The number of aliphatic hydroxyl groups is 1. The van der Waals surface area contributed by atoms with Gasteiger partial charge in [-0.15, -0.1) is 11.8 Å². The first-order valence-electron chi connectivity index (χ1n) is 8.48. The molecule has 7 heteroatoms. The van der Waals surface area contributed by atoms with Gasteiger partial charge in [-0.25, -0.2) is 0 Å². The molecule has 0 spiro atoms. The zero-order chi connectivity index (χ0) is 17.8. The Labute approximate surface area is 147 Å². The molecule has 1 heterocycles. The lowest BCUT2D eigenvalue weighted by molar-refractivity contribution is -0.131. The summed E-state index contributed by atoms with van der Waals surface area (Å²) in [5.41, 5.74) is 5.42. The van der Waals surface area contributed by atoms with Crippen LogP contribution in [0.4, 0.5) is 0 Å². The maximum absolute atomic E-state index is 12.6. The molecule has 0 atom stereocenters. The average Bonchev–Trinajstić information content (AvgIpc) is 2.51. The zero-order valence-electron chi connectivity index (χ0n) is 14.5. The second-order valence-electron chi connectivity index (χ2n) is 7.24. The smallest absolute Gasteiger partial charge is 0.252 e. The van der Waals surface area contributed by atoms with Gasteiger partial charge in [0.25, 0.3) is 5.91 Å². The third-order valence-electron chi connectivity index (χ3n) is 4.84. The Kier molecular flexibility index (Phi) is 6.33. The Morgan fingerprint density at radius 3 is 2.50 bits per heavy atom. The van der Waals surface area contributed by atoms with E-state index in [1.807, 2.05) is 0 Å². The molecular formula is C17H28N2O4S. The van der Waals surface area contributed by atoms with Crippen LogP contribution in [0, 0.1) is 5.41 Å². The quantitative estimate of drug-likeness (QED) is 0.621. The van der Waals surface area contributed by atoms with E-state index in [0.29, 0.717) is 5.25 Å². The molecule has 24 heavy (non-hydrogen) atoms. The number of imide groups is 1. The summed E-state index contributed by atoms with van der Waals surface area (Å²) >= 11 is 1.70. The molecule has 1 aliphatic heterocycles. The van der Waals surface area contributed by atoms with Gasteiger partial charge in [0.15, 0.2) is 0 Å². The lowest BCUT2D eigenvalue weighted by Crippen LogP contribution is -2.52. The number of aliphatic hydroxyl groups excluding tert-OH is 1. The van der Waals surface area contributed by atoms with Gasteiger partial charge in [-0.3, -0.25) is 14.9 Å². The highest BCUT2D eigenvalue weighted by molar-refractivity contribution is 8.02. The fraction of sp³-hybridized carbons (Fsp3) is 0.765. The molecule has 0 bridgehead atoms. The van der Waals surface area contributed by atoms with E-state index >= 15 is 0 Å². The van der Waals surface area contributed by atoms with Gasteiger partial charge in [-0.1, -0.05) is 13.8 Å². The summed E-state index contributed by atoms with van der Waals surface area (Å²) in [4.78, 5) is 24.7. The summed E-state index contributed by atoms with van der Waals surface area (Å²) < 4.78 is 4.87. The van der Waals surface area contributed by atoms with Crippen molar-refractivity contribution in [2.24, 2.45) is 11.1 Å². The molecule has 2 rings (SSSR count). The molecule has 2 aliphatic rings. The van der Waals surface area contributed by atoms with Crippen LogP contribution in [0.15, 0.2) is 11.8 Å². The number of rotatable bonds is 6. The van der Waals surface area contributed by atoms with Gasteiger partial charge in [0, 0.05) is 35.7 Å². The Morgan fingerprint density at radius 2 is 2.00 bits per heavy atom. The number of hydrogen-bond acceptors (Lipinski definition) is 6. The standard InChI is InChI=1S/C17H28N2O4S/c1-16(2,11-20)13(18)10-14(21)19-15(22)17(6-3-7-17)24-12-4-8-23-9-5-12/h10,12,20H,3-9,11,18H2,1-2H3,(H,19,21,22). The van der Waals surface area contributed by atoms with Gasteiger partial charge in [0.05, 0.1) is 11.4 Å². The van der Waals surface area contributed by atoms with Gasteiger partial charge >= 0.3 is 0 Å². The third-order valence-corrected chi connectivity index (χ3v) is 6.69. The number of carbonyl (C=O) groups excluding carboxylic acids is 2. The topological polar surface area (TPSA) is 102 Å². The third kappa shape index (κ3) is 4.52. The Morgan fingerprint density at radius 1 is 1.38 bits per heavy atom. The van der Waals surface area contributed by atoms with Gasteiger partial charge in [-0.05, 0) is 32.1 Å². The van der Waals surface area contributed by atoms with Crippen molar-refractivity contribution in [2.45, 2.75) is 55.9 Å². The predicted molar refractivity (Wildman–Crippen MR) is 94.3 cm³/mol. The highest BCUT2D eigenvalue weighted by atomic mass is 32.2. The van der Waals surface area contributed by atoms with E-state index in [2.05, 4.69) is 5.32 Å². The van der Waals surface area contributed by atoms with Gasteiger partial charge in [-0.2, -0.15) is 0 Å². The minimum absolute atomic E-state index is 0.167. The first-order valence-corrected chi connectivity index (χ1v) is 9.36. The summed E-state index contributed by atoms with van der Waals surface area (Å²) in [6.45, 7) is 4.79. The normalized spacial score (nSPS) is 21.9. The van der Waals surface area contributed by atoms with Crippen molar-refractivity contribution in [3.63, 3.8) is 0 Å². The van der Waals surface area contributed by atoms with Crippen molar-refractivity contribution >= 4 is 23.6 Å². The van der Waals surface area contributed by atoms with E-state index in [0.717, 1.165) is 45.3 Å². The molecule has 136 valence electrons. The van der Waals surface area contributed by atoms with Crippen molar-refractivity contribution in [2.75, 3.05) is 19.8 Å². The molecule has 1 saturated heterocycles. The van der Waals surface area contributed by atoms with Crippen LogP contribution in [0.25, 0.3) is 0 Å². The van der Waals surface area contributed by atoms with Gasteiger partial charge < -0.3 is 15.6 Å². The predicted octanol–water partition coefficient (Wildman–Crippen LogP) is 1.33. The summed E-state index contributed by atoms with van der Waals surface area (Å²) in [5, 5.41) is 12.2. The first-order chi connectivity index (χ1) is 11.3. The highest BCUT2D eigenvalue weighted by Crippen LogP contribution is 2.48. The van der Waals surface area contributed by atoms with Crippen molar-refractivity contribution in [1.29, 1.82) is 0 Å². The lowest BCUT2D eigenvalue weighted by atomic mass is 9.83. The Balaban J connectivity index is 1.96. The van der Waals surface area contributed by atoms with E-state index in [-0.39, 0.29) is 18.2 Å². The zero-order valence-corrected chi connectivity index (χ0v) is 15.3. The largest absolute Gasteiger partial charge is 0.401 e. The van der Waals surface area contributed by atoms with Crippen LogP contribution in [0.5, 0.6) is 0 Å². The minimum Gasteiger partial charge on any atom is -0.401 e. The van der Waals surface area contributed by atoms with E-state index in [1.165, 1.54) is 6.08 Å². The van der Waals surface area contributed by atoms with Crippen LogP contribution in [-0.4, -0.2) is 46.7 Å². The molecule has 2 amide bonds. The van der Waals surface area contributed by atoms with Crippen molar-refractivity contribution < 1.29 is 19.4 Å². The number of carbonyl (C=O) groups is 2. The number of ether oxygens (including phenoxy) is 1. The molecule has 0 aromatic rings.